The van der Waals surface area contributed by atoms with Crippen molar-refractivity contribution in [3.8, 4) is 6.07 Å². The molecular weight excluding hydrogens is 372 g/mol. The summed E-state index contributed by atoms with van der Waals surface area (Å²) in [7, 11) is 1.89. The van der Waals surface area contributed by atoms with Gasteiger partial charge in [0.2, 0.25) is 0 Å². The number of fused-ring (bicyclic) bond motifs is 1. The first kappa shape index (κ1) is 18.0. The molecule has 8 heteroatoms. The Morgan fingerprint density at radius 1 is 1.36 bits per heavy atom. The molecule has 1 atom stereocenters. The Kier molecular flexibility index (Phi) is 4.93. The van der Waals surface area contributed by atoms with Gasteiger partial charge in [0, 0.05) is 25.5 Å². The van der Waals surface area contributed by atoms with Crippen LogP contribution in [0.1, 0.15) is 11.1 Å². The third-order valence-corrected chi connectivity index (χ3v) is 5.33. The minimum atomic E-state index is -0.226. The second-order valence-electron chi connectivity index (χ2n) is 6.41. The van der Waals surface area contributed by atoms with Gasteiger partial charge in [0.15, 0.2) is 0 Å². The van der Waals surface area contributed by atoms with Crippen LogP contribution in [0.3, 0.4) is 0 Å². The lowest BCUT2D eigenvalue weighted by atomic mass is 10.2. The van der Waals surface area contributed by atoms with Crippen molar-refractivity contribution in [1.29, 1.82) is 5.26 Å². The maximum absolute atomic E-state index is 13.1. The van der Waals surface area contributed by atoms with E-state index in [4.69, 9.17) is 5.26 Å². The molecule has 1 aliphatic heterocycles. The van der Waals surface area contributed by atoms with Gasteiger partial charge in [0.25, 0.3) is 0 Å². The minimum absolute atomic E-state index is 0.223. The first-order valence-corrected chi connectivity index (χ1v) is 9.57. The molecule has 28 heavy (non-hydrogen) atoms. The molecule has 1 aliphatic rings. The van der Waals surface area contributed by atoms with Crippen molar-refractivity contribution in [3.05, 3.63) is 71.4 Å². The van der Waals surface area contributed by atoms with Crippen LogP contribution < -0.4 is 10.7 Å². The lowest BCUT2D eigenvalue weighted by Crippen LogP contribution is -2.50. The first-order chi connectivity index (χ1) is 13.6. The zero-order valence-electron chi connectivity index (χ0n) is 15.2. The molecule has 3 aromatic rings. The number of benzene rings is 2. The maximum Gasteiger partial charge on any atom is 0.323 e. The molecule has 1 aromatic heterocycles. The minimum Gasteiger partial charge on any atom is -0.324 e. The summed E-state index contributed by atoms with van der Waals surface area (Å²) in [5.41, 5.74) is 8.09. The van der Waals surface area contributed by atoms with E-state index >= 15 is 0 Å². The normalized spacial score (nSPS) is 15.9. The van der Waals surface area contributed by atoms with Crippen LogP contribution in [-0.2, 0) is 6.54 Å². The SMILES string of the molecule is CN1NC=CC1N(Cc1ccc2ncsc2c1)C(=O)Nc1ccc(C#N)cc1. The molecule has 0 radical (unpaired) electrons. The Morgan fingerprint density at radius 3 is 2.89 bits per heavy atom. The van der Waals surface area contributed by atoms with Crippen molar-refractivity contribution in [2.24, 2.45) is 0 Å². The Morgan fingerprint density at radius 2 is 2.18 bits per heavy atom. The van der Waals surface area contributed by atoms with Crippen LogP contribution in [0.5, 0.6) is 0 Å². The second-order valence-corrected chi connectivity index (χ2v) is 7.30. The number of hydrazine groups is 1. The van der Waals surface area contributed by atoms with Crippen LogP contribution in [-0.4, -0.2) is 34.1 Å². The van der Waals surface area contributed by atoms with Crippen LogP contribution in [0.2, 0.25) is 0 Å². The Bertz CT molecular complexity index is 1070. The van der Waals surface area contributed by atoms with Crippen LogP contribution in [0.25, 0.3) is 10.2 Å². The van der Waals surface area contributed by atoms with Gasteiger partial charge in [-0.15, -0.1) is 11.3 Å². The van der Waals surface area contributed by atoms with Gasteiger partial charge >= 0.3 is 6.03 Å². The molecule has 0 spiro atoms. The summed E-state index contributed by atoms with van der Waals surface area (Å²) >= 11 is 1.58. The van der Waals surface area contributed by atoms with Crippen molar-refractivity contribution in [3.63, 3.8) is 0 Å². The summed E-state index contributed by atoms with van der Waals surface area (Å²) < 4.78 is 1.10. The van der Waals surface area contributed by atoms with Crippen LogP contribution in [0.15, 0.2) is 60.3 Å². The third-order valence-electron chi connectivity index (χ3n) is 4.54. The molecule has 0 saturated heterocycles. The summed E-state index contributed by atoms with van der Waals surface area (Å²) in [4.78, 5) is 19.1. The van der Waals surface area contributed by atoms with E-state index in [1.807, 2.05) is 42.0 Å². The number of rotatable bonds is 4. The molecule has 140 valence electrons. The highest BCUT2D eigenvalue weighted by molar-refractivity contribution is 7.16. The summed E-state index contributed by atoms with van der Waals surface area (Å²) in [5.74, 6) is 0. The van der Waals surface area contributed by atoms with E-state index in [9.17, 15) is 4.79 Å². The number of aromatic nitrogens is 1. The van der Waals surface area contributed by atoms with Crippen molar-refractivity contribution in [2.75, 3.05) is 12.4 Å². The quantitative estimate of drug-likeness (QED) is 0.712. The smallest absolute Gasteiger partial charge is 0.323 e. The molecule has 4 rings (SSSR count). The predicted octanol–water partition coefficient (Wildman–Crippen LogP) is 3.49. The topological polar surface area (TPSA) is 84.3 Å². The number of hydrogen-bond donors (Lipinski definition) is 2. The van der Waals surface area contributed by atoms with Gasteiger partial charge in [-0.3, -0.25) is 4.90 Å². The number of carbonyl (C=O) groups excluding carboxylic acids is 1. The highest BCUT2D eigenvalue weighted by Crippen LogP contribution is 2.22. The largest absolute Gasteiger partial charge is 0.324 e. The van der Waals surface area contributed by atoms with Crippen molar-refractivity contribution < 1.29 is 4.79 Å². The third kappa shape index (κ3) is 3.67. The molecule has 0 saturated carbocycles. The van der Waals surface area contributed by atoms with Gasteiger partial charge in [-0.2, -0.15) is 5.26 Å². The predicted molar refractivity (Wildman–Crippen MR) is 109 cm³/mol. The summed E-state index contributed by atoms with van der Waals surface area (Å²) in [5, 5.41) is 13.7. The molecule has 2 N–H and O–H groups in total. The molecule has 2 aromatic carbocycles. The highest BCUT2D eigenvalue weighted by atomic mass is 32.1. The summed E-state index contributed by atoms with van der Waals surface area (Å²) in [6.07, 6.45) is 3.53. The van der Waals surface area contributed by atoms with Gasteiger partial charge in [-0.05, 0) is 48.0 Å². The average molecular weight is 390 g/mol. The van der Waals surface area contributed by atoms with Gasteiger partial charge in [-0.1, -0.05) is 6.07 Å². The van der Waals surface area contributed by atoms with Gasteiger partial charge in [-0.25, -0.2) is 14.8 Å². The van der Waals surface area contributed by atoms with E-state index in [2.05, 4.69) is 27.9 Å². The number of nitrogens with zero attached hydrogens (tertiary/aromatic N) is 4. The van der Waals surface area contributed by atoms with Gasteiger partial charge < -0.3 is 10.7 Å². The number of anilines is 1. The van der Waals surface area contributed by atoms with Crippen molar-refractivity contribution >= 4 is 33.3 Å². The summed E-state index contributed by atoms with van der Waals surface area (Å²) in [6.45, 7) is 0.441. The molecule has 2 heterocycles. The number of carbonyl (C=O) groups is 1. The first-order valence-electron chi connectivity index (χ1n) is 8.69. The van der Waals surface area contributed by atoms with E-state index in [1.165, 1.54) is 0 Å². The highest BCUT2D eigenvalue weighted by Gasteiger charge is 2.28. The van der Waals surface area contributed by atoms with Gasteiger partial charge in [0.05, 0.1) is 27.4 Å². The van der Waals surface area contributed by atoms with Crippen LogP contribution in [0.4, 0.5) is 10.5 Å². The second kappa shape index (κ2) is 7.68. The lowest BCUT2D eigenvalue weighted by molar-refractivity contribution is 0.107. The molecule has 1 unspecified atom stereocenters. The standard InChI is InChI=1S/C20H18N6OS/c1-25-19(8-9-23-25)26(12-15-4-7-17-18(10-15)28-13-22-17)20(27)24-16-5-2-14(11-21)3-6-16/h2-10,13,19,23H,12H2,1H3,(H,24,27). The molecule has 7 nitrogen and oxygen atoms in total. The van der Waals surface area contributed by atoms with E-state index in [0.29, 0.717) is 17.8 Å². The zero-order valence-corrected chi connectivity index (χ0v) is 16.0. The van der Waals surface area contributed by atoms with E-state index in [1.54, 1.807) is 40.5 Å². The van der Waals surface area contributed by atoms with E-state index in [-0.39, 0.29) is 12.2 Å². The zero-order chi connectivity index (χ0) is 19.5. The Balaban J connectivity index is 1.58. The number of likely N-dealkylation sites (N-methyl/N-ethyl adjacent to an activating group) is 1. The summed E-state index contributed by atoms with van der Waals surface area (Å²) in [6, 6.07) is 14.7. The molecule has 0 aliphatic carbocycles. The average Bonchev–Trinajstić information content (AvgIpc) is 3.35. The fourth-order valence-electron chi connectivity index (χ4n) is 3.07. The Labute approximate surface area is 166 Å². The fourth-order valence-corrected chi connectivity index (χ4v) is 3.81. The fraction of sp³-hybridized carbons (Fsp3) is 0.150. The lowest BCUT2D eigenvalue weighted by Gasteiger charge is -2.32. The number of urea groups is 1. The van der Waals surface area contributed by atoms with E-state index in [0.717, 1.165) is 15.8 Å². The van der Waals surface area contributed by atoms with E-state index < -0.39 is 0 Å². The maximum atomic E-state index is 13.1. The van der Waals surface area contributed by atoms with Crippen LogP contribution >= 0.6 is 11.3 Å². The van der Waals surface area contributed by atoms with Crippen LogP contribution in [0, 0.1) is 11.3 Å². The Hall–Kier alpha value is -3.41. The number of thiazole rings is 1. The number of hydrogen-bond acceptors (Lipinski definition) is 6. The molecular formula is C20H18N6OS. The molecule has 2 amide bonds. The molecule has 0 bridgehead atoms. The molecule has 0 fully saturated rings. The van der Waals surface area contributed by atoms with Gasteiger partial charge in [0.1, 0.15) is 6.17 Å². The van der Waals surface area contributed by atoms with Crippen molar-refractivity contribution in [2.45, 2.75) is 12.7 Å². The number of nitrogens with one attached hydrogen (secondary N) is 2. The number of amides is 2. The monoisotopic (exact) mass is 390 g/mol. The number of nitriles is 1. The van der Waals surface area contributed by atoms with Crippen molar-refractivity contribution in [1.82, 2.24) is 20.3 Å².